The molecule has 0 radical (unpaired) electrons. The number of esters is 1. The molecule has 0 aliphatic carbocycles. The van der Waals surface area contributed by atoms with E-state index in [1.54, 1.807) is 18.7 Å². The number of aromatic nitrogens is 2. The molecule has 0 spiro atoms. The second-order valence-electron chi connectivity index (χ2n) is 3.09. The third-order valence-electron chi connectivity index (χ3n) is 2.06. The number of hydrogen-bond donors (Lipinski definition) is 1. The molecular weight excluding hydrogens is 296 g/mol. The molecule has 0 aliphatic rings. The number of ether oxygens (including phenoxy) is 1. The molecule has 1 N–H and O–H groups in total. The minimum Gasteiger partial charge on any atom is -0.505 e. The lowest BCUT2D eigenvalue weighted by atomic mass is 10.3. The summed E-state index contributed by atoms with van der Waals surface area (Å²) in [5.41, 5.74) is 0. The van der Waals surface area contributed by atoms with Crippen LogP contribution in [-0.2, 0) is 11.8 Å². The third kappa shape index (κ3) is 1.60. The van der Waals surface area contributed by atoms with Gasteiger partial charge in [0, 0.05) is 7.05 Å². The van der Waals surface area contributed by atoms with Crippen molar-refractivity contribution in [1.82, 2.24) is 9.78 Å². The topological polar surface area (TPSA) is 64.3 Å². The normalized spacial score (nSPS) is 10.9. The van der Waals surface area contributed by atoms with Crippen molar-refractivity contribution in [2.75, 3.05) is 6.61 Å². The number of aryl methyl sites for hydroxylation is 1. The van der Waals surface area contributed by atoms with Crippen molar-refractivity contribution in [3.05, 3.63) is 9.48 Å². The Balaban J connectivity index is 2.61. The summed E-state index contributed by atoms with van der Waals surface area (Å²) in [6.07, 6.45) is 0. The molecule has 0 fully saturated rings. The van der Waals surface area contributed by atoms with Crippen LogP contribution in [0, 0.1) is 0 Å². The maximum atomic E-state index is 11.5. The lowest BCUT2D eigenvalue weighted by Crippen LogP contribution is -2.02. The van der Waals surface area contributed by atoms with Crippen LogP contribution in [0.4, 0.5) is 0 Å². The summed E-state index contributed by atoms with van der Waals surface area (Å²) < 4.78 is 6.98. The summed E-state index contributed by atoms with van der Waals surface area (Å²) in [4.78, 5) is 12.5. The smallest absolute Gasteiger partial charge is 0.352 e. The van der Waals surface area contributed by atoms with Gasteiger partial charge in [0.05, 0.1) is 12.0 Å². The molecule has 2 heterocycles. The number of nitrogens with zero attached hydrogens (tertiary/aromatic N) is 2. The fraction of sp³-hybridized carbons (Fsp3) is 0.333. The maximum Gasteiger partial charge on any atom is 0.352 e. The molecule has 0 saturated heterocycles. The van der Waals surface area contributed by atoms with E-state index in [0.717, 1.165) is 4.83 Å². The molecule has 7 heteroatoms. The first-order valence-corrected chi connectivity index (χ1v) is 6.18. The van der Waals surface area contributed by atoms with Crippen molar-refractivity contribution in [3.63, 3.8) is 0 Å². The largest absolute Gasteiger partial charge is 0.505 e. The van der Waals surface area contributed by atoms with E-state index in [-0.39, 0.29) is 17.2 Å². The predicted octanol–water partition coefficient (Wildman–Crippen LogP) is 2.28. The van der Waals surface area contributed by atoms with Gasteiger partial charge >= 0.3 is 5.97 Å². The van der Waals surface area contributed by atoms with E-state index in [2.05, 4.69) is 21.0 Å². The number of hydrogen-bond acceptors (Lipinski definition) is 5. The standard InChI is InChI=1S/C9H9BrN2O3S/c1-3-15-9(14)6-5(13)4-7(10)11-12(2)8(4)16-6/h13H,3H2,1-2H3. The van der Waals surface area contributed by atoms with Gasteiger partial charge in [0.2, 0.25) is 0 Å². The molecule has 0 aliphatic heterocycles. The van der Waals surface area contributed by atoms with Crippen LogP contribution in [0.25, 0.3) is 10.2 Å². The van der Waals surface area contributed by atoms with Crippen molar-refractivity contribution in [1.29, 1.82) is 0 Å². The summed E-state index contributed by atoms with van der Waals surface area (Å²) in [7, 11) is 1.75. The minimum atomic E-state index is -0.506. The van der Waals surface area contributed by atoms with Crippen molar-refractivity contribution >= 4 is 43.5 Å². The highest BCUT2D eigenvalue weighted by Crippen LogP contribution is 2.40. The molecular formula is C9H9BrN2O3S. The monoisotopic (exact) mass is 304 g/mol. The van der Waals surface area contributed by atoms with E-state index >= 15 is 0 Å². The SMILES string of the molecule is CCOC(=O)c1sc2c(c(Br)nn2C)c1O. The van der Waals surface area contributed by atoms with Crippen LogP contribution < -0.4 is 0 Å². The lowest BCUT2D eigenvalue weighted by molar-refractivity contribution is 0.0529. The van der Waals surface area contributed by atoms with E-state index in [4.69, 9.17) is 4.74 Å². The van der Waals surface area contributed by atoms with Crippen molar-refractivity contribution in [2.24, 2.45) is 7.05 Å². The van der Waals surface area contributed by atoms with Gasteiger partial charge in [0.1, 0.15) is 9.43 Å². The Morgan fingerprint density at radius 2 is 2.38 bits per heavy atom. The predicted molar refractivity (Wildman–Crippen MR) is 63.9 cm³/mol. The molecule has 5 nitrogen and oxygen atoms in total. The highest BCUT2D eigenvalue weighted by atomic mass is 79.9. The second-order valence-corrected chi connectivity index (χ2v) is 4.85. The van der Waals surface area contributed by atoms with Gasteiger partial charge in [-0.25, -0.2) is 4.79 Å². The maximum absolute atomic E-state index is 11.5. The summed E-state index contributed by atoms with van der Waals surface area (Å²) in [6, 6.07) is 0. The minimum absolute atomic E-state index is 0.0709. The Morgan fingerprint density at radius 1 is 1.69 bits per heavy atom. The van der Waals surface area contributed by atoms with Crippen LogP contribution in [0.5, 0.6) is 5.75 Å². The highest BCUT2D eigenvalue weighted by molar-refractivity contribution is 9.10. The van der Waals surface area contributed by atoms with Crippen LogP contribution in [0.3, 0.4) is 0 Å². The van der Waals surface area contributed by atoms with Crippen molar-refractivity contribution in [3.8, 4) is 5.75 Å². The molecule has 86 valence electrons. The summed E-state index contributed by atoms with van der Waals surface area (Å²) >= 11 is 4.40. The zero-order valence-electron chi connectivity index (χ0n) is 8.65. The van der Waals surface area contributed by atoms with Gasteiger partial charge in [-0.2, -0.15) is 5.10 Å². The molecule has 2 rings (SSSR count). The molecule has 0 saturated carbocycles. The van der Waals surface area contributed by atoms with Crippen LogP contribution in [0.1, 0.15) is 16.6 Å². The van der Waals surface area contributed by atoms with Gasteiger partial charge in [-0.15, -0.1) is 11.3 Å². The van der Waals surface area contributed by atoms with Gasteiger partial charge in [-0.3, -0.25) is 4.68 Å². The average Bonchev–Trinajstić information content (AvgIpc) is 2.68. The summed E-state index contributed by atoms with van der Waals surface area (Å²) in [6.45, 7) is 2.01. The van der Waals surface area contributed by atoms with Crippen LogP contribution in [0.15, 0.2) is 4.60 Å². The van der Waals surface area contributed by atoms with E-state index in [1.165, 1.54) is 11.3 Å². The lowest BCUT2D eigenvalue weighted by Gasteiger charge is -1.98. The number of halogens is 1. The van der Waals surface area contributed by atoms with Gasteiger partial charge in [0.25, 0.3) is 0 Å². The number of rotatable bonds is 2. The fourth-order valence-electron chi connectivity index (χ4n) is 1.39. The molecule has 0 bridgehead atoms. The van der Waals surface area contributed by atoms with E-state index in [0.29, 0.717) is 9.99 Å². The first-order chi connectivity index (χ1) is 7.56. The molecule has 0 aromatic carbocycles. The summed E-state index contributed by atoms with van der Waals surface area (Å²) in [5.74, 6) is -0.577. The molecule has 0 amide bonds. The van der Waals surface area contributed by atoms with Gasteiger partial charge in [-0.05, 0) is 22.9 Å². The van der Waals surface area contributed by atoms with Crippen LogP contribution >= 0.6 is 27.3 Å². The average molecular weight is 305 g/mol. The van der Waals surface area contributed by atoms with Gasteiger partial charge in [0.15, 0.2) is 10.6 Å². The molecule has 16 heavy (non-hydrogen) atoms. The number of thiophene rings is 1. The summed E-state index contributed by atoms with van der Waals surface area (Å²) in [5, 5.41) is 14.5. The van der Waals surface area contributed by atoms with Crippen LogP contribution in [0.2, 0.25) is 0 Å². The Kier molecular flexibility index (Phi) is 2.90. The quantitative estimate of drug-likeness (QED) is 0.865. The third-order valence-corrected chi connectivity index (χ3v) is 3.84. The number of fused-ring (bicyclic) bond motifs is 1. The van der Waals surface area contributed by atoms with E-state index in [9.17, 15) is 9.90 Å². The van der Waals surface area contributed by atoms with Crippen molar-refractivity contribution < 1.29 is 14.6 Å². The zero-order valence-corrected chi connectivity index (χ0v) is 11.1. The van der Waals surface area contributed by atoms with Gasteiger partial charge in [-0.1, -0.05) is 0 Å². The van der Waals surface area contributed by atoms with Gasteiger partial charge < -0.3 is 9.84 Å². The van der Waals surface area contributed by atoms with Crippen molar-refractivity contribution in [2.45, 2.75) is 6.92 Å². The van der Waals surface area contributed by atoms with E-state index < -0.39 is 5.97 Å². The van der Waals surface area contributed by atoms with E-state index in [1.807, 2.05) is 0 Å². The number of aromatic hydroxyl groups is 1. The Bertz CT molecular complexity index is 561. The first-order valence-electron chi connectivity index (χ1n) is 4.57. The molecule has 2 aromatic rings. The second kappa shape index (κ2) is 4.06. The number of carbonyl (C=O) groups excluding carboxylic acids is 1. The Morgan fingerprint density at radius 3 is 2.94 bits per heavy atom. The van der Waals surface area contributed by atoms with Crippen LogP contribution in [-0.4, -0.2) is 27.5 Å². The highest BCUT2D eigenvalue weighted by Gasteiger charge is 2.23. The molecule has 0 unspecified atom stereocenters. The zero-order chi connectivity index (χ0) is 11.9. The Hall–Kier alpha value is -1.08. The Labute approximate surface area is 104 Å². The fourth-order valence-corrected chi connectivity index (χ4v) is 3.13. The molecule has 2 aromatic heterocycles. The molecule has 0 atom stereocenters. The first kappa shape index (κ1) is 11.4. The number of carbonyl (C=O) groups is 1.